The molecule has 4 rings (SSSR count). The second-order valence-corrected chi connectivity index (χ2v) is 8.65. The number of rotatable bonds is 5. The number of nitrogens with zero attached hydrogens (tertiary/aromatic N) is 1. The second-order valence-electron chi connectivity index (χ2n) is 8.65. The molecule has 1 atom stereocenters. The number of hydrogen-bond acceptors (Lipinski definition) is 3. The average molecular weight is 384 g/mol. The Bertz CT molecular complexity index is 759. The van der Waals surface area contributed by atoms with Crippen molar-refractivity contribution in [1.29, 1.82) is 0 Å². The van der Waals surface area contributed by atoms with Crippen molar-refractivity contribution in [3.8, 4) is 0 Å². The highest BCUT2D eigenvalue weighted by Crippen LogP contribution is 2.59. The number of carboxylic acids is 1. The fourth-order valence-corrected chi connectivity index (χ4v) is 4.87. The van der Waals surface area contributed by atoms with Crippen LogP contribution in [0.2, 0.25) is 0 Å². The van der Waals surface area contributed by atoms with Crippen LogP contribution in [0.3, 0.4) is 0 Å². The molecule has 1 unspecified atom stereocenters. The molecule has 2 aliphatic carbocycles. The van der Waals surface area contributed by atoms with Gasteiger partial charge in [-0.05, 0) is 55.2 Å². The third kappa shape index (κ3) is 3.77. The summed E-state index contributed by atoms with van der Waals surface area (Å²) in [5.74, 6) is -0.613. The Balaban J connectivity index is 1.27. The van der Waals surface area contributed by atoms with E-state index in [0.717, 1.165) is 50.5 Å². The first-order valence-electron chi connectivity index (χ1n) is 10.4. The molecule has 150 valence electrons. The smallest absolute Gasteiger partial charge is 0.307 e. The first-order chi connectivity index (χ1) is 13.5. The van der Waals surface area contributed by atoms with Gasteiger partial charge in [0.05, 0.1) is 5.92 Å². The van der Waals surface area contributed by atoms with Crippen LogP contribution < -0.4 is 5.32 Å². The van der Waals surface area contributed by atoms with Gasteiger partial charge >= 0.3 is 5.97 Å². The lowest BCUT2D eigenvalue weighted by atomic mass is 9.90. The number of likely N-dealkylation sites (tertiary alicyclic amines) is 1. The van der Waals surface area contributed by atoms with Crippen molar-refractivity contribution in [2.75, 3.05) is 13.1 Å². The lowest BCUT2D eigenvalue weighted by Gasteiger charge is -2.32. The monoisotopic (exact) mass is 384 g/mol. The van der Waals surface area contributed by atoms with Gasteiger partial charge in [-0.3, -0.25) is 14.4 Å². The van der Waals surface area contributed by atoms with Crippen LogP contribution in [-0.4, -0.2) is 40.9 Å². The molecule has 0 aromatic heterocycles. The second kappa shape index (κ2) is 7.57. The minimum absolute atomic E-state index is 0.00363. The number of nitrogens with one attached hydrogen (secondary N) is 1. The van der Waals surface area contributed by atoms with Crippen LogP contribution in [0.1, 0.15) is 60.9 Å². The number of aliphatic carboxylic acids is 1. The quantitative estimate of drug-likeness (QED) is 0.817. The lowest BCUT2D eigenvalue weighted by Crippen LogP contribution is -2.40. The maximum Gasteiger partial charge on any atom is 0.307 e. The van der Waals surface area contributed by atoms with E-state index in [1.165, 1.54) is 0 Å². The zero-order valence-corrected chi connectivity index (χ0v) is 16.2. The zero-order chi connectivity index (χ0) is 19.7. The Morgan fingerprint density at radius 2 is 1.71 bits per heavy atom. The van der Waals surface area contributed by atoms with Gasteiger partial charge < -0.3 is 15.3 Å². The van der Waals surface area contributed by atoms with E-state index >= 15 is 0 Å². The van der Waals surface area contributed by atoms with Crippen LogP contribution in [0.15, 0.2) is 24.3 Å². The first kappa shape index (κ1) is 19.0. The zero-order valence-electron chi connectivity index (χ0n) is 16.2. The van der Waals surface area contributed by atoms with Gasteiger partial charge in [0.25, 0.3) is 5.91 Å². The number of carbonyl (C=O) groups excluding carboxylic acids is 2. The Kier molecular flexibility index (Phi) is 5.13. The van der Waals surface area contributed by atoms with Crippen LogP contribution in [0.25, 0.3) is 0 Å². The molecular weight excluding hydrogens is 356 g/mol. The van der Waals surface area contributed by atoms with Crippen molar-refractivity contribution >= 4 is 17.8 Å². The molecular formula is C22H28N2O4. The number of carboxylic acid groups (broad SMARTS) is 1. The van der Waals surface area contributed by atoms with Crippen LogP contribution in [0.4, 0.5) is 0 Å². The van der Waals surface area contributed by atoms with E-state index in [9.17, 15) is 19.5 Å². The van der Waals surface area contributed by atoms with Crippen LogP contribution >= 0.6 is 0 Å². The SMILES string of the molecule is O=C(NCc1ccc(C(=O)N2CCC3(CC2)CC3C(=O)O)cc1)C1CCCC1. The standard InChI is InChI=1S/C22H28N2O4/c25-19(16-3-1-2-4-16)23-14-15-5-7-17(8-6-15)20(26)24-11-9-22(10-12-24)13-18(22)21(27)28/h5-8,16,18H,1-4,9-14H2,(H,23,25)(H,27,28). The van der Waals surface area contributed by atoms with Gasteiger partial charge in [0, 0.05) is 31.1 Å². The van der Waals surface area contributed by atoms with E-state index in [1.807, 2.05) is 29.2 Å². The molecule has 3 aliphatic rings. The highest BCUT2D eigenvalue weighted by molar-refractivity contribution is 5.94. The largest absolute Gasteiger partial charge is 0.481 e. The van der Waals surface area contributed by atoms with Crippen molar-refractivity contribution < 1.29 is 19.5 Å². The van der Waals surface area contributed by atoms with Crippen molar-refractivity contribution in [2.45, 2.75) is 51.5 Å². The van der Waals surface area contributed by atoms with E-state index in [2.05, 4.69) is 5.32 Å². The van der Waals surface area contributed by atoms with E-state index in [4.69, 9.17) is 0 Å². The van der Waals surface area contributed by atoms with Crippen molar-refractivity contribution in [3.05, 3.63) is 35.4 Å². The maximum absolute atomic E-state index is 12.7. The van der Waals surface area contributed by atoms with Gasteiger partial charge in [0.15, 0.2) is 0 Å². The number of amides is 2. The minimum Gasteiger partial charge on any atom is -0.481 e. The molecule has 0 bridgehead atoms. The van der Waals surface area contributed by atoms with Crippen LogP contribution in [0, 0.1) is 17.3 Å². The summed E-state index contributed by atoms with van der Waals surface area (Å²) in [4.78, 5) is 37.9. The molecule has 3 fully saturated rings. The van der Waals surface area contributed by atoms with Crippen molar-refractivity contribution in [3.63, 3.8) is 0 Å². The molecule has 1 aromatic carbocycles. The number of piperidine rings is 1. The summed E-state index contributed by atoms with van der Waals surface area (Å²) in [6.45, 7) is 1.75. The van der Waals surface area contributed by atoms with E-state index in [-0.39, 0.29) is 29.1 Å². The lowest BCUT2D eigenvalue weighted by molar-refractivity contribution is -0.139. The Hall–Kier alpha value is -2.37. The Morgan fingerprint density at radius 1 is 1.07 bits per heavy atom. The Morgan fingerprint density at radius 3 is 2.29 bits per heavy atom. The molecule has 6 nitrogen and oxygen atoms in total. The summed E-state index contributed by atoms with van der Waals surface area (Å²) >= 11 is 0. The number of carbonyl (C=O) groups is 3. The summed E-state index contributed by atoms with van der Waals surface area (Å²) in [5, 5.41) is 12.2. The van der Waals surface area contributed by atoms with Crippen molar-refractivity contribution in [2.24, 2.45) is 17.3 Å². The highest BCUT2D eigenvalue weighted by Gasteiger charge is 2.59. The number of benzene rings is 1. The molecule has 1 heterocycles. The Labute approximate surface area is 165 Å². The molecule has 6 heteroatoms. The van der Waals surface area contributed by atoms with Crippen LogP contribution in [-0.2, 0) is 16.1 Å². The molecule has 1 aromatic rings. The molecule has 2 amide bonds. The number of hydrogen-bond donors (Lipinski definition) is 2. The molecule has 2 saturated carbocycles. The topological polar surface area (TPSA) is 86.7 Å². The van der Waals surface area contributed by atoms with E-state index in [0.29, 0.717) is 25.2 Å². The summed E-state index contributed by atoms with van der Waals surface area (Å²) in [6.07, 6.45) is 6.58. The van der Waals surface area contributed by atoms with Gasteiger partial charge in [0.2, 0.25) is 5.91 Å². The molecule has 1 aliphatic heterocycles. The van der Waals surface area contributed by atoms with Crippen LogP contribution in [0.5, 0.6) is 0 Å². The maximum atomic E-state index is 12.7. The van der Waals surface area contributed by atoms with Gasteiger partial charge in [-0.25, -0.2) is 0 Å². The van der Waals surface area contributed by atoms with Gasteiger partial charge in [0.1, 0.15) is 0 Å². The predicted molar refractivity (Wildman–Crippen MR) is 104 cm³/mol. The van der Waals surface area contributed by atoms with Gasteiger partial charge in [-0.2, -0.15) is 0 Å². The molecule has 1 spiro atoms. The third-order valence-corrected chi connectivity index (χ3v) is 6.93. The minimum atomic E-state index is -0.699. The van der Waals surface area contributed by atoms with Gasteiger partial charge in [-0.15, -0.1) is 0 Å². The highest BCUT2D eigenvalue weighted by atomic mass is 16.4. The summed E-state index contributed by atoms with van der Waals surface area (Å²) in [6, 6.07) is 7.44. The first-order valence-corrected chi connectivity index (χ1v) is 10.4. The predicted octanol–water partition coefficient (Wildman–Crippen LogP) is 2.82. The molecule has 1 saturated heterocycles. The fraction of sp³-hybridized carbons (Fsp3) is 0.591. The third-order valence-electron chi connectivity index (χ3n) is 6.93. The summed E-state index contributed by atoms with van der Waals surface area (Å²) in [5.41, 5.74) is 1.57. The van der Waals surface area contributed by atoms with E-state index in [1.54, 1.807) is 0 Å². The average Bonchev–Trinajstić information content (AvgIpc) is 3.15. The fourth-order valence-electron chi connectivity index (χ4n) is 4.87. The molecule has 2 N–H and O–H groups in total. The summed E-state index contributed by atoms with van der Waals surface area (Å²) in [7, 11) is 0. The summed E-state index contributed by atoms with van der Waals surface area (Å²) < 4.78 is 0. The molecule has 0 radical (unpaired) electrons. The van der Waals surface area contributed by atoms with Gasteiger partial charge in [-0.1, -0.05) is 25.0 Å². The molecule has 28 heavy (non-hydrogen) atoms. The van der Waals surface area contributed by atoms with E-state index < -0.39 is 5.97 Å². The van der Waals surface area contributed by atoms with Crippen molar-refractivity contribution in [1.82, 2.24) is 10.2 Å². The normalized spacial score (nSPS) is 23.6.